The molecule has 0 bridgehead atoms. The van der Waals surface area contributed by atoms with Gasteiger partial charge in [-0.25, -0.2) is 0 Å². The number of aliphatic imine (C=N–C) groups is 1. The third-order valence-electron chi connectivity index (χ3n) is 11.9. The van der Waals surface area contributed by atoms with Crippen molar-refractivity contribution < 1.29 is 0 Å². The lowest BCUT2D eigenvalue weighted by Gasteiger charge is -2.14. The lowest BCUT2D eigenvalue weighted by atomic mass is 9.94. The molecule has 0 N–H and O–H groups in total. The van der Waals surface area contributed by atoms with Crippen molar-refractivity contribution in [3.8, 4) is 39.1 Å². The molecule has 0 atom stereocenters. The van der Waals surface area contributed by atoms with Crippen molar-refractivity contribution in [3.63, 3.8) is 0 Å². The van der Waals surface area contributed by atoms with E-state index >= 15 is 0 Å². The lowest BCUT2D eigenvalue weighted by Crippen LogP contribution is -2.07. The minimum absolute atomic E-state index is 0.713. The Morgan fingerprint density at radius 3 is 1.94 bits per heavy atom. The summed E-state index contributed by atoms with van der Waals surface area (Å²) in [6.45, 7) is 4.37. The Hall–Kier alpha value is -7.60. The molecule has 1 aliphatic carbocycles. The summed E-state index contributed by atoms with van der Waals surface area (Å²) in [6.07, 6.45) is 11.1. The van der Waals surface area contributed by atoms with E-state index in [2.05, 4.69) is 223 Å². The van der Waals surface area contributed by atoms with Gasteiger partial charge in [-0.2, -0.15) is 5.10 Å². The molecular weight excluding hydrogens is 785 g/mol. The number of benzene rings is 8. The van der Waals surface area contributed by atoms with Crippen LogP contribution in [-0.4, -0.2) is 31.1 Å². The maximum absolute atomic E-state index is 4.93. The Kier molecular flexibility index (Phi) is 11.2. The number of anilines is 1. The summed E-state index contributed by atoms with van der Waals surface area (Å²) in [4.78, 5) is 4.93. The Morgan fingerprint density at radius 1 is 0.587 bits per heavy atom. The Bertz CT molecular complexity index is 3320. The molecule has 1 aliphatic rings. The van der Waals surface area contributed by atoms with E-state index in [1.165, 1.54) is 86.5 Å². The summed E-state index contributed by atoms with van der Waals surface area (Å²) >= 11 is 1.90. The Balaban J connectivity index is 0.000000173. The SMILES string of the molecule is C1=CC(CN=Cc2ccc(-c3ccccc3)c3sc4c(-c5ccccc5)cc(-c5ccccc5)cc4c23)=CCC1.C=NN(C)c1cccc2c1c1ccccc1n2-c1ccccc1. The fourth-order valence-electron chi connectivity index (χ4n) is 8.83. The number of aromatic nitrogens is 1. The summed E-state index contributed by atoms with van der Waals surface area (Å²) in [5, 5.41) is 10.9. The first-order chi connectivity index (χ1) is 31.2. The zero-order valence-corrected chi connectivity index (χ0v) is 36.0. The van der Waals surface area contributed by atoms with Crippen LogP contribution in [0.5, 0.6) is 0 Å². The Labute approximate surface area is 372 Å². The van der Waals surface area contributed by atoms with Crippen molar-refractivity contribution in [2.45, 2.75) is 12.8 Å². The van der Waals surface area contributed by atoms with Crippen LogP contribution in [0.4, 0.5) is 5.69 Å². The number of hydrogen-bond acceptors (Lipinski definition) is 4. The predicted molar refractivity (Wildman–Crippen MR) is 273 cm³/mol. The van der Waals surface area contributed by atoms with Gasteiger partial charge in [0.1, 0.15) is 0 Å². The topological polar surface area (TPSA) is 32.9 Å². The molecule has 11 rings (SSSR count). The van der Waals surface area contributed by atoms with Crippen molar-refractivity contribution in [1.82, 2.24) is 4.57 Å². The van der Waals surface area contributed by atoms with E-state index in [1.54, 1.807) is 0 Å². The highest BCUT2D eigenvalue weighted by molar-refractivity contribution is 7.27. The van der Waals surface area contributed by atoms with Gasteiger partial charge in [0.2, 0.25) is 0 Å². The minimum atomic E-state index is 0.713. The first-order valence-corrected chi connectivity index (χ1v) is 22.3. The molecule has 0 radical (unpaired) electrons. The van der Waals surface area contributed by atoms with Gasteiger partial charge in [0.15, 0.2) is 0 Å². The van der Waals surface area contributed by atoms with Crippen molar-refractivity contribution in [2.75, 3.05) is 18.6 Å². The maximum atomic E-state index is 4.93. The quantitative estimate of drug-likeness (QED) is 0.105. The molecule has 0 amide bonds. The van der Waals surface area contributed by atoms with E-state index in [1.807, 2.05) is 29.5 Å². The van der Waals surface area contributed by atoms with E-state index in [-0.39, 0.29) is 0 Å². The molecule has 0 saturated carbocycles. The Morgan fingerprint density at radius 2 is 1.24 bits per heavy atom. The zero-order valence-electron chi connectivity index (χ0n) is 35.2. The van der Waals surface area contributed by atoms with Gasteiger partial charge in [0, 0.05) is 67.7 Å². The van der Waals surface area contributed by atoms with Gasteiger partial charge in [0.25, 0.3) is 0 Å². The second-order valence-corrected chi connectivity index (χ2v) is 16.8. The van der Waals surface area contributed by atoms with Crippen LogP contribution in [0.2, 0.25) is 0 Å². The molecule has 0 saturated heterocycles. The highest BCUT2D eigenvalue weighted by Crippen LogP contribution is 2.47. The van der Waals surface area contributed by atoms with Crippen LogP contribution in [0.1, 0.15) is 18.4 Å². The third kappa shape index (κ3) is 7.80. The number of para-hydroxylation sites is 2. The van der Waals surface area contributed by atoms with Crippen molar-refractivity contribution in [3.05, 3.63) is 217 Å². The van der Waals surface area contributed by atoms with Crippen molar-refractivity contribution >= 4 is 71.9 Å². The molecular formula is C58H46N4S. The van der Waals surface area contributed by atoms with Gasteiger partial charge in [-0.1, -0.05) is 164 Å². The second kappa shape index (κ2) is 17.8. The minimum Gasteiger partial charge on any atom is -0.309 e. The monoisotopic (exact) mass is 830 g/mol. The van der Waals surface area contributed by atoms with Gasteiger partial charge >= 0.3 is 0 Å². The number of hydrazone groups is 1. The van der Waals surface area contributed by atoms with Crippen LogP contribution in [0.3, 0.4) is 0 Å². The summed E-state index contributed by atoms with van der Waals surface area (Å²) in [7, 11) is 1.93. The molecule has 63 heavy (non-hydrogen) atoms. The van der Waals surface area contributed by atoms with E-state index in [0.717, 1.165) is 24.2 Å². The van der Waals surface area contributed by atoms with Gasteiger partial charge in [0.05, 0.1) is 23.3 Å². The van der Waals surface area contributed by atoms with Crippen LogP contribution < -0.4 is 5.01 Å². The molecule has 304 valence electrons. The normalized spacial score (nSPS) is 12.5. The summed E-state index contributed by atoms with van der Waals surface area (Å²) < 4.78 is 4.92. The number of rotatable bonds is 9. The van der Waals surface area contributed by atoms with Crippen molar-refractivity contribution in [1.29, 1.82) is 0 Å². The third-order valence-corrected chi connectivity index (χ3v) is 13.1. The molecule has 10 aromatic rings. The first kappa shape index (κ1) is 39.5. The summed E-state index contributed by atoms with van der Waals surface area (Å²) in [5.74, 6) is 0. The number of fused-ring (bicyclic) bond motifs is 6. The average Bonchev–Trinajstić information content (AvgIpc) is 3.92. The molecule has 8 aromatic carbocycles. The fraction of sp³-hybridized carbons (Fsp3) is 0.0690. The van der Waals surface area contributed by atoms with Crippen LogP contribution in [-0.2, 0) is 0 Å². The maximum Gasteiger partial charge on any atom is 0.0690 e. The van der Waals surface area contributed by atoms with Crippen LogP contribution in [0.25, 0.3) is 81.0 Å². The van der Waals surface area contributed by atoms with Crippen molar-refractivity contribution in [2.24, 2.45) is 10.1 Å². The van der Waals surface area contributed by atoms with Crippen LogP contribution in [0, 0.1) is 0 Å². The van der Waals surface area contributed by atoms with E-state index in [4.69, 9.17) is 4.99 Å². The lowest BCUT2D eigenvalue weighted by molar-refractivity contribution is 0.996. The predicted octanol–water partition coefficient (Wildman–Crippen LogP) is 15.6. The van der Waals surface area contributed by atoms with Crippen LogP contribution >= 0.6 is 11.3 Å². The van der Waals surface area contributed by atoms with Gasteiger partial charge < -0.3 is 4.57 Å². The second-order valence-electron chi connectivity index (χ2n) is 15.8. The molecule has 4 nitrogen and oxygen atoms in total. The molecule has 2 aromatic heterocycles. The van der Waals surface area contributed by atoms with E-state index in [0.29, 0.717) is 6.54 Å². The zero-order chi connectivity index (χ0) is 42.5. The standard InChI is InChI=1S/C38H29NS.C20H17N3/c1-5-13-27(14-6-1)25-39-26-31-21-22-33(29-17-9-3-10-18-29)38-36(31)35-24-32(28-15-7-2-8-16-28)23-34(37(35)40-38)30-19-11-4-12-20-30;1-21-22(2)18-13-8-14-19-20(18)16-11-6-7-12-17(16)23(19)15-9-4-3-5-10-15/h2-5,7-24,26H,1,6,25H2;3-14H,1H2,2H3. The van der Waals surface area contributed by atoms with Crippen LogP contribution in [0.15, 0.2) is 222 Å². The number of hydrogen-bond donors (Lipinski definition) is 0. The number of allylic oxidation sites excluding steroid dienone is 2. The summed E-state index contributed by atoms with van der Waals surface area (Å²) in [6, 6.07) is 66.8. The average molecular weight is 831 g/mol. The molecule has 0 spiro atoms. The van der Waals surface area contributed by atoms with E-state index in [9.17, 15) is 0 Å². The number of thiophene rings is 1. The molecule has 0 fully saturated rings. The van der Waals surface area contributed by atoms with Gasteiger partial charge in [-0.3, -0.25) is 10.0 Å². The number of nitrogens with zero attached hydrogens (tertiary/aromatic N) is 4. The van der Waals surface area contributed by atoms with Gasteiger partial charge in [-0.05, 0) is 88.7 Å². The molecule has 2 heterocycles. The van der Waals surface area contributed by atoms with Gasteiger partial charge in [-0.15, -0.1) is 11.3 Å². The largest absolute Gasteiger partial charge is 0.309 e. The smallest absolute Gasteiger partial charge is 0.0690 e. The summed E-state index contributed by atoms with van der Waals surface area (Å²) in [5.41, 5.74) is 14.5. The highest BCUT2D eigenvalue weighted by atomic mass is 32.1. The molecule has 5 heteroatoms. The fourth-order valence-corrected chi connectivity index (χ4v) is 10.2. The van der Waals surface area contributed by atoms with E-state index < -0.39 is 0 Å². The molecule has 0 aliphatic heterocycles. The highest BCUT2D eigenvalue weighted by Gasteiger charge is 2.19. The molecule has 0 unspecified atom stereocenters. The first-order valence-electron chi connectivity index (χ1n) is 21.5.